The molecule has 1 aromatic rings. The first-order valence-electron chi connectivity index (χ1n) is 7.56. The molecule has 1 atom stereocenters. The molecule has 9 heteroatoms. The molecule has 0 spiro atoms. The maximum absolute atomic E-state index is 14.0. The van der Waals surface area contributed by atoms with Crippen molar-refractivity contribution in [2.45, 2.75) is 57.4 Å². The van der Waals surface area contributed by atoms with Gasteiger partial charge < -0.3 is 4.55 Å². The lowest BCUT2D eigenvalue weighted by molar-refractivity contribution is -0.696. The summed E-state index contributed by atoms with van der Waals surface area (Å²) in [5.41, 5.74) is 0.0936. The summed E-state index contributed by atoms with van der Waals surface area (Å²) in [5, 5.41) is 0. The van der Waals surface area contributed by atoms with E-state index in [1.54, 1.807) is 6.92 Å². The van der Waals surface area contributed by atoms with Crippen LogP contribution in [-0.4, -0.2) is 30.6 Å². The minimum absolute atomic E-state index is 0.0808. The Labute approximate surface area is 139 Å². The van der Waals surface area contributed by atoms with E-state index < -0.39 is 33.6 Å². The third kappa shape index (κ3) is 5.70. The van der Waals surface area contributed by atoms with E-state index >= 15 is 0 Å². The summed E-state index contributed by atoms with van der Waals surface area (Å²) in [6.07, 6.45) is 3.15. The van der Waals surface area contributed by atoms with Gasteiger partial charge in [0.1, 0.15) is 6.54 Å². The van der Waals surface area contributed by atoms with Gasteiger partial charge in [0, 0.05) is 31.2 Å². The van der Waals surface area contributed by atoms with Crippen molar-refractivity contribution in [2.24, 2.45) is 0 Å². The Morgan fingerprint density at radius 2 is 1.75 bits per heavy atom. The first kappa shape index (κ1) is 20.8. The number of hydrogen-bond donors (Lipinski definition) is 0. The zero-order chi connectivity index (χ0) is 18.6. The molecule has 1 aromatic heterocycles. The van der Waals surface area contributed by atoms with Crippen molar-refractivity contribution in [3.63, 3.8) is 0 Å². The summed E-state index contributed by atoms with van der Waals surface area (Å²) < 4.78 is 87.7. The van der Waals surface area contributed by atoms with E-state index in [4.69, 9.17) is 0 Å². The molecule has 1 rings (SSSR count). The number of aryl methyl sites for hydroxylation is 1. The minimum Gasteiger partial charge on any atom is -0.748 e. The largest absolute Gasteiger partial charge is 0.748 e. The first-order chi connectivity index (χ1) is 10.9. The van der Waals surface area contributed by atoms with Crippen LogP contribution in [0, 0.1) is 0 Å². The highest BCUT2D eigenvalue weighted by atomic mass is 32.2. The number of hydrogen-bond acceptors (Lipinski definition) is 3. The van der Waals surface area contributed by atoms with Crippen LogP contribution in [0.4, 0.5) is 17.6 Å². The van der Waals surface area contributed by atoms with E-state index in [1.807, 2.05) is 0 Å². The van der Waals surface area contributed by atoms with Crippen molar-refractivity contribution in [2.75, 3.05) is 5.75 Å². The molecule has 0 saturated heterocycles. The van der Waals surface area contributed by atoms with Gasteiger partial charge in [0.15, 0.2) is 12.4 Å². The quantitative estimate of drug-likeness (QED) is 0.381. The van der Waals surface area contributed by atoms with Gasteiger partial charge in [0.2, 0.25) is 0 Å². The smallest absolute Gasteiger partial charge is 0.316 e. The van der Waals surface area contributed by atoms with E-state index in [0.29, 0.717) is 6.42 Å². The monoisotopic (exact) mass is 371 g/mol. The fraction of sp³-hybridized carbons (Fsp3) is 0.667. The molecule has 24 heavy (non-hydrogen) atoms. The Balaban J connectivity index is 2.91. The second-order valence-electron chi connectivity index (χ2n) is 5.84. The molecular formula is C15H21F4NO3S. The number of pyridine rings is 1. The fourth-order valence-electron chi connectivity index (χ4n) is 2.43. The molecule has 0 bridgehead atoms. The average molecular weight is 371 g/mol. The SMILES string of the molecule is CCCC(c1cc[n+](CCCS(=O)(=O)[O-])cc1)C(F)(F)C(C)(F)F. The third-order valence-electron chi connectivity index (χ3n) is 3.73. The predicted octanol–water partition coefficient (Wildman–Crippen LogP) is 3.08. The Morgan fingerprint density at radius 1 is 1.21 bits per heavy atom. The van der Waals surface area contributed by atoms with Gasteiger partial charge >= 0.3 is 11.8 Å². The number of rotatable bonds is 9. The van der Waals surface area contributed by atoms with E-state index in [0.717, 1.165) is 0 Å². The van der Waals surface area contributed by atoms with Crippen molar-refractivity contribution in [1.29, 1.82) is 0 Å². The second-order valence-corrected chi connectivity index (χ2v) is 7.36. The van der Waals surface area contributed by atoms with Crippen LogP contribution in [0.5, 0.6) is 0 Å². The molecule has 0 aromatic carbocycles. The summed E-state index contributed by atoms with van der Waals surface area (Å²) in [4.78, 5) is 0. The van der Waals surface area contributed by atoms with Crippen LogP contribution in [0.25, 0.3) is 0 Å². The van der Waals surface area contributed by atoms with Crippen molar-refractivity contribution >= 4 is 10.1 Å². The molecule has 1 heterocycles. The van der Waals surface area contributed by atoms with Gasteiger partial charge in [-0.1, -0.05) is 13.3 Å². The molecule has 0 aliphatic heterocycles. The van der Waals surface area contributed by atoms with E-state index in [2.05, 4.69) is 0 Å². The fourth-order valence-corrected chi connectivity index (χ4v) is 2.91. The second kappa shape index (κ2) is 7.77. The normalized spacial score (nSPS) is 14.6. The van der Waals surface area contributed by atoms with Crippen LogP contribution in [-0.2, 0) is 16.7 Å². The minimum atomic E-state index is -4.30. The molecule has 0 radical (unpaired) electrons. The molecule has 138 valence electrons. The molecule has 0 fully saturated rings. The summed E-state index contributed by atoms with van der Waals surface area (Å²) >= 11 is 0. The average Bonchev–Trinajstić information content (AvgIpc) is 2.43. The van der Waals surface area contributed by atoms with E-state index in [1.165, 1.54) is 29.1 Å². The molecule has 0 N–H and O–H groups in total. The van der Waals surface area contributed by atoms with Gasteiger partial charge in [-0.2, -0.15) is 8.78 Å². The summed E-state index contributed by atoms with van der Waals surface area (Å²) in [7, 11) is -4.30. The van der Waals surface area contributed by atoms with Crippen LogP contribution in [0.3, 0.4) is 0 Å². The van der Waals surface area contributed by atoms with Crippen molar-refractivity contribution in [3.05, 3.63) is 30.1 Å². The van der Waals surface area contributed by atoms with E-state index in [9.17, 15) is 30.5 Å². The molecule has 0 aliphatic carbocycles. The first-order valence-corrected chi connectivity index (χ1v) is 9.14. The number of halogens is 4. The predicted molar refractivity (Wildman–Crippen MR) is 79.0 cm³/mol. The van der Waals surface area contributed by atoms with Crippen molar-refractivity contribution in [3.8, 4) is 0 Å². The van der Waals surface area contributed by atoms with Crippen molar-refractivity contribution in [1.82, 2.24) is 0 Å². The summed E-state index contributed by atoms with van der Waals surface area (Å²) in [6.45, 7) is 2.06. The molecule has 0 amide bonds. The van der Waals surface area contributed by atoms with Crippen LogP contribution in [0.1, 0.15) is 44.6 Å². The number of nitrogens with zero attached hydrogens (tertiary/aromatic N) is 1. The summed E-state index contributed by atoms with van der Waals surface area (Å²) in [6, 6.07) is 2.65. The lowest BCUT2D eigenvalue weighted by Crippen LogP contribution is -2.43. The van der Waals surface area contributed by atoms with E-state index in [-0.39, 0.29) is 31.9 Å². The van der Waals surface area contributed by atoms with Gasteiger partial charge in [0.25, 0.3) is 0 Å². The maximum atomic E-state index is 14.0. The molecule has 1 unspecified atom stereocenters. The van der Waals surface area contributed by atoms with Crippen LogP contribution < -0.4 is 4.57 Å². The zero-order valence-electron chi connectivity index (χ0n) is 13.5. The summed E-state index contributed by atoms with van der Waals surface area (Å²) in [5.74, 6) is -10.5. The van der Waals surface area contributed by atoms with Crippen LogP contribution in [0.2, 0.25) is 0 Å². The van der Waals surface area contributed by atoms with Gasteiger partial charge in [-0.25, -0.2) is 21.8 Å². The van der Waals surface area contributed by atoms with Crippen molar-refractivity contribution < 1.29 is 35.1 Å². The van der Waals surface area contributed by atoms with Crippen LogP contribution in [0.15, 0.2) is 24.5 Å². The van der Waals surface area contributed by atoms with Crippen LogP contribution >= 0.6 is 0 Å². The third-order valence-corrected chi connectivity index (χ3v) is 4.52. The zero-order valence-corrected chi connectivity index (χ0v) is 14.3. The number of aromatic nitrogens is 1. The standard InChI is InChI=1S/C15H21F4NO3S/c1-3-5-13(15(18,19)14(2,16)17)12-6-9-20(10-7-12)8-4-11-24(21,22)23/h6-7,9-10,13H,3-5,8,11H2,1-2H3. The molecule has 4 nitrogen and oxygen atoms in total. The number of alkyl halides is 4. The highest BCUT2D eigenvalue weighted by Gasteiger charge is 2.57. The Hall–Kier alpha value is -1.22. The molecule has 0 saturated carbocycles. The van der Waals surface area contributed by atoms with Gasteiger partial charge in [-0.15, -0.1) is 0 Å². The van der Waals surface area contributed by atoms with Gasteiger partial charge in [-0.05, 0) is 12.0 Å². The topological polar surface area (TPSA) is 61.1 Å². The highest BCUT2D eigenvalue weighted by Crippen LogP contribution is 2.46. The van der Waals surface area contributed by atoms with Gasteiger partial charge in [-0.3, -0.25) is 0 Å². The molecular weight excluding hydrogens is 350 g/mol. The Kier molecular flexibility index (Phi) is 6.75. The lowest BCUT2D eigenvalue weighted by atomic mass is 9.86. The lowest BCUT2D eigenvalue weighted by Gasteiger charge is -2.31. The Bertz CT molecular complexity index is 627. The maximum Gasteiger partial charge on any atom is 0.316 e. The highest BCUT2D eigenvalue weighted by molar-refractivity contribution is 7.85. The van der Waals surface area contributed by atoms with Gasteiger partial charge in [0.05, 0.1) is 16.0 Å². The molecule has 0 aliphatic rings. The Morgan fingerprint density at radius 3 is 2.17 bits per heavy atom.